The molecule has 2 aliphatic heterocycles. The number of carbonyl (C=O) groups excluding carboxylic acids is 1. The number of carbonyl (C=O) groups is 1. The summed E-state index contributed by atoms with van der Waals surface area (Å²) in [6.07, 6.45) is 5.27. The Morgan fingerprint density at radius 2 is 1.66 bits per heavy atom. The second-order valence-electron chi connectivity index (χ2n) is 7.99. The highest BCUT2D eigenvalue weighted by Crippen LogP contribution is 2.18. The Bertz CT molecular complexity index is 781. The van der Waals surface area contributed by atoms with Crippen molar-refractivity contribution >= 4 is 11.6 Å². The van der Waals surface area contributed by atoms with Gasteiger partial charge >= 0.3 is 0 Å². The molecule has 0 atom stereocenters. The Morgan fingerprint density at radius 1 is 0.931 bits per heavy atom. The Morgan fingerprint density at radius 3 is 2.31 bits per heavy atom. The van der Waals surface area contributed by atoms with Crippen molar-refractivity contribution in [2.75, 3.05) is 64.3 Å². The van der Waals surface area contributed by atoms with Crippen molar-refractivity contribution in [2.24, 2.45) is 0 Å². The smallest absolute Gasteiger partial charge is 0.228 e. The summed E-state index contributed by atoms with van der Waals surface area (Å²) in [4.78, 5) is 29.9. The predicted octanol–water partition coefficient (Wildman–Crippen LogP) is 1.12. The summed E-state index contributed by atoms with van der Waals surface area (Å²) in [5.41, 5.74) is 3.39. The molecule has 7 nitrogen and oxygen atoms in total. The number of piperazine rings is 2. The third-order valence-electron chi connectivity index (χ3n) is 5.88. The summed E-state index contributed by atoms with van der Waals surface area (Å²) in [7, 11) is 2.18. The minimum Gasteiger partial charge on any atom is -0.369 e. The maximum atomic E-state index is 12.5. The van der Waals surface area contributed by atoms with Gasteiger partial charge in [-0.05, 0) is 24.7 Å². The van der Waals surface area contributed by atoms with Gasteiger partial charge in [0.25, 0.3) is 0 Å². The average molecular weight is 395 g/mol. The molecule has 7 heteroatoms. The Hall–Kier alpha value is -2.51. The first kappa shape index (κ1) is 19.8. The molecule has 0 unspecified atom stereocenters. The van der Waals surface area contributed by atoms with Crippen molar-refractivity contribution in [1.29, 1.82) is 0 Å². The SMILES string of the molecule is CN1CCN(c2ccc(CN3CCN(C(=O)Cc4cnccn4)CC3)cc2)CC1. The lowest BCUT2D eigenvalue weighted by Gasteiger charge is -2.35. The van der Waals surface area contributed by atoms with E-state index in [-0.39, 0.29) is 5.91 Å². The van der Waals surface area contributed by atoms with Gasteiger partial charge in [-0.3, -0.25) is 19.7 Å². The molecule has 2 fully saturated rings. The highest BCUT2D eigenvalue weighted by atomic mass is 16.2. The first-order valence-corrected chi connectivity index (χ1v) is 10.4. The minimum absolute atomic E-state index is 0.140. The molecule has 1 aromatic carbocycles. The molecule has 0 aliphatic carbocycles. The van der Waals surface area contributed by atoms with Gasteiger partial charge in [0.2, 0.25) is 5.91 Å². The van der Waals surface area contributed by atoms with Crippen molar-refractivity contribution in [3.05, 3.63) is 54.1 Å². The first-order chi connectivity index (χ1) is 14.2. The van der Waals surface area contributed by atoms with Gasteiger partial charge in [-0.1, -0.05) is 12.1 Å². The van der Waals surface area contributed by atoms with Gasteiger partial charge in [0.05, 0.1) is 12.1 Å². The van der Waals surface area contributed by atoms with Gasteiger partial charge in [-0.25, -0.2) is 0 Å². The second kappa shape index (κ2) is 9.33. The van der Waals surface area contributed by atoms with E-state index in [4.69, 9.17) is 0 Å². The molecule has 29 heavy (non-hydrogen) atoms. The maximum Gasteiger partial charge on any atom is 0.228 e. The van der Waals surface area contributed by atoms with E-state index in [9.17, 15) is 4.79 Å². The largest absolute Gasteiger partial charge is 0.369 e. The van der Waals surface area contributed by atoms with E-state index in [1.54, 1.807) is 18.6 Å². The summed E-state index contributed by atoms with van der Waals surface area (Å²) < 4.78 is 0. The van der Waals surface area contributed by atoms with Crippen molar-refractivity contribution < 1.29 is 4.79 Å². The number of benzene rings is 1. The third-order valence-corrected chi connectivity index (χ3v) is 5.88. The molecule has 4 rings (SSSR count). The van der Waals surface area contributed by atoms with Crippen molar-refractivity contribution in [3.8, 4) is 0 Å². The third kappa shape index (κ3) is 5.31. The monoisotopic (exact) mass is 394 g/mol. The number of hydrogen-bond acceptors (Lipinski definition) is 6. The number of nitrogens with zero attached hydrogens (tertiary/aromatic N) is 6. The molecule has 154 valence electrons. The van der Waals surface area contributed by atoms with Crippen LogP contribution in [0.4, 0.5) is 5.69 Å². The zero-order valence-corrected chi connectivity index (χ0v) is 17.2. The van der Waals surface area contributed by atoms with E-state index in [0.29, 0.717) is 6.42 Å². The van der Waals surface area contributed by atoms with Crippen molar-refractivity contribution in [3.63, 3.8) is 0 Å². The van der Waals surface area contributed by atoms with E-state index >= 15 is 0 Å². The fourth-order valence-corrected chi connectivity index (χ4v) is 3.98. The highest BCUT2D eigenvalue weighted by molar-refractivity contribution is 5.78. The number of likely N-dealkylation sites (N-methyl/N-ethyl adjacent to an activating group) is 1. The summed E-state index contributed by atoms with van der Waals surface area (Å²) in [5, 5.41) is 0. The first-order valence-electron chi connectivity index (χ1n) is 10.4. The molecule has 2 aromatic rings. The lowest BCUT2D eigenvalue weighted by molar-refractivity contribution is -0.132. The van der Waals surface area contributed by atoms with E-state index in [1.807, 2.05) is 4.90 Å². The zero-order valence-electron chi connectivity index (χ0n) is 17.2. The fraction of sp³-hybridized carbons (Fsp3) is 0.500. The van der Waals surface area contributed by atoms with E-state index < -0.39 is 0 Å². The number of anilines is 1. The van der Waals surface area contributed by atoms with Gasteiger partial charge < -0.3 is 14.7 Å². The molecule has 1 aromatic heterocycles. The molecular weight excluding hydrogens is 364 g/mol. The number of hydrogen-bond donors (Lipinski definition) is 0. The van der Waals surface area contributed by atoms with Crippen LogP contribution in [0.15, 0.2) is 42.9 Å². The summed E-state index contributed by atoms with van der Waals surface area (Å²) >= 11 is 0. The van der Waals surface area contributed by atoms with Crippen LogP contribution < -0.4 is 4.90 Å². The van der Waals surface area contributed by atoms with Crippen LogP contribution in [0.5, 0.6) is 0 Å². The lowest BCUT2D eigenvalue weighted by Crippen LogP contribution is -2.48. The number of rotatable bonds is 5. The highest BCUT2D eigenvalue weighted by Gasteiger charge is 2.21. The Balaban J connectivity index is 1.24. The van der Waals surface area contributed by atoms with Crippen LogP contribution in [0, 0.1) is 0 Å². The Labute approximate surface area is 172 Å². The number of aromatic nitrogens is 2. The second-order valence-corrected chi connectivity index (χ2v) is 7.99. The molecule has 1 amide bonds. The van der Waals surface area contributed by atoms with Crippen LogP contribution in [0.1, 0.15) is 11.3 Å². The van der Waals surface area contributed by atoms with Crippen molar-refractivity contribution in [1.82, 2.24) is 24.7 Å². The van der Waals surface area contributed by atoms with Crippen LogP contribution in [0.3, 0.4) is 0 Å². The normalized spacial score (nSPS) is 18.8. The summed E-state index contributed by atoms with van der Waals surface area (Å²) in [6, 6.07) is 9.00. The topological polar surface area (TPSA) is 55.8 Å². The molecule has 2 aliphatic rings. The molecule has 0 spiro atoms. The Kier molecular flexibility index (Phi) is 6.36. The van der Waals surface area contributed by atoms with Gasteiger partial charge in [-0.15, -0.1) is 0 Å². The standard InChI is InChI=1S/C22H30N6O/c1-25-8-12-27(13-9-25)21-4-2-19(3-5-21)18-26-10-14-28(15-11-26)22(29)16-20-17-23-6-7-24-20/h2-7,17H,8-16,18H2,1H3. The van der Waals surface area contributed by atoms with E-state index in [0.717, 1.165) is 64.6 Å². The summed E-state index contributed by atoms with van der Waals surface area (Å²) in [6.45, 7) is 8.76. The van der Waals surface area contributed by atoms with Crippen LogP contribution in [-0.2, 0) is 17.8 Å². The molecule has 0 bridgehead atoms. The van der Waals surface area contributed by atoms with Crippen LogP contribution in [0.2, 0.25) is 0 Å². The predicted molar refractivity (Wildman–Crippen MR) is 114 cm³/mol. The van der Waals surface area contributed by atoms with E-state index in [1.165, 1.54) is 11.3 Å². The molecule has 0 saturated carbocycles. The van der Waals surface area contributed by atoms with Gasteiger partial charge in [0, 0.05) is 83.2 Å². The lowest BCUT2D eigenvalue weighted by atomic mass is 10.1. The van der Waals surface area contributed by atoms with Gasteiger partial charge in [-0.2, -0.15) is 0 Å². The van der Waals surface area contributed by atoms with Crippen LogP contribution >= 0.6 is 0 Å². The zero-order chi connectivity index (χ0) is 20.1. The quantitative estimate of drug-likeness (QED) is 0.758. The molecule has 3 heterocycles. The maximum absolute atomic E-state index is 12.5. The average Bonchev–Trinajstić information content (AvgIpc) is 2.76. The fourth-order valence-electron chi connectivity index (χ4n) is 3.98. The van der Waals surface area contributed by atoms with Gasteiger partial charge in [0.15, 0.2) is 0 Å². The molecule has 2 saturated heterocycles. The van der Waals surface area contributed by atoms with Gasteiger partial charge in [0.1, 0.15) is 0 Å². The molecule has 0 N–H and O–H groups in total. The van der Waals surface area contributed by atoms with Crippen molar-refractivity contribution in [2.45, 2.75) is 13.0 Å². The number of amides is 1. The minimum atomic E-state index is 0.140. The summed E-state index contributed by atoms with van der Waals surface area (Å²) in [5.74, 6) is 0.140. The van der Waals surface area contributed by atoms with E-state index in [2.05, 4.69) is 56.0 Å². The van der Waals surface area contributed by atoms with Crippen LogP contribution in [0.25, 0.3) is 0 Å². The molecule has 0 radical (unpaired) electrons. The van der Waals surface area contributed by atoms with Crippen LogP contribution in [-0.4, -0.2) is 90.0 Å². The molecular formula is C22H30N6O.